The van der Waals surface area contributed by atoms with Gasteiger partial charge in [-0.2, -0.15) is 0 Å². The van der Waals surface area contributed by atoms with E-state index in [1.165, 1.54) is 0 Å². The second-order valence-electron chi connectivity index (χ2n) is 6.60. The number of benzene rings is 2. The van der Waals surface area contributed by atoms with Gasteiger partial charge in [0.05, 0.1) is 13.5 Å². The van der Waals surface area contributed by atoms with E-state index in [0.717, 1.165) is 16.9 Å². The number of rotatable bonds is 9. The zero-order chi connectivity index (χ0) is 21.4. The average molecular weight is 437 g/mol. The van der Waals surface area contributed by atoms with Gasteiger partial charge >= 0.3 is 0 Å². The number of carbonyl (C=O) groups excluding carboxylic acids is 2. The van der Waals surface area contributed by atoms with Gasteiger partial charge in [-0.3, -0.25) is 9.59 Å². The van der Waals surface area contributed by atoms with Crippen molar-refractivity contribution in [2.45, 2.75) is 39.3 Å². The maximum Gasteiger partial charge on any atom is 0.242 e. The fraction of sp³-hybridized carbons (Fsp3) is 0.364. The van der Waals surface area contributed by atoms with Crippen LogP contribution in [0.3, 0.4) is 0 Å². The summed E-state index contributed by atoms with van der Waals surface area (Å²) < 4.78 is 5.16. The molecular weight excluding hydrogens is 411 g/mol. The third kappa shape index (κ3) is 6.38. The maximum absolute atomic E-state index is 13.2. The first-order chi connectivity index (χ1) is 13.9. The molecule has 2 aromatic carbocycles. The minimum atomic E-state index is -0.590. The third-order valence-electron chi connectivity index (χ3n) is 4.61. The van der Waals surface area contributed by atoms with E-state index in [2.05, 4.69) is 5.32 Å². The number of hydrogen-bond donors (Lipinski definition) is 1. The summed E-state index contributed by atoms with van der Waals surface area (Å²) in [6.07, 6.45) is 0.663. The van der Waals surface area contributed by atoms with Crippen LogP contribution >= 0.6 is 23.2 Å². The SMILES string of the molecule is CCNC(=O)C(CC)N(Cc1ccc(Cl)cc1Cl)C(=O)Cc1ccc(OC)cc1. The van der Waals surface area contributed by atoms with Gasteiger partial charge in [0.2, 0.25) is 11.8 Å². The van der Waals surface area contributed by atoms with Crippen LogP contribution in [0.5, 0.6) is 5.75 Å². The lowest BCUT2D eigenvalue weighted by Crippen LogP contribution is -2.49. The summed E-state index contributed by atoms with van der Waals surface area (Å²) in [6.45, 7) is 4.46. The van der Waals surface area contributed by atoms with Gasteiger partial charge in [0.25, 0.3) is 0 Å². The minimum Gasteiger partial charge on any atom is -0.497 e. The average Bonchev–Trinajstić information content (AvgIpc) is 2.70. The van der Waals surface area contributed by atoms with Gasteiger partial charge in [-0.15, -0.1) is 0 Å². The van der Waals surface area contributed by atoms with Crippen LogP contribution in [0.1, 0.15) is 31.4 Å². The molecule has 1 N–H and O–H groups in total. The molecule has 156 valence electrons. The van der Waals surface area contributed by atoms with E-state index in [0.29, 0.717) is 23.0 Å². The molecule has 5 nitrogen and oxygen atoms in total. The Balaban J connectivity index is 2.30. The zero-order valence-corrected chi connectivity index (χ0v) is 18.4. The van der Waals surface area contributed by atoms with Gasteiger partial charge < -0.3 is 15.0 Å². The van der Waals surface area contributed by atoms with E-state index < -0.39 is 6.04 Å². The van der Waals surface area contributed by atoms with E-state index >= 15 is 0 Å². The van der Waals surface area contributed by atoms with Crippen molar-refractivity contribution >= 4 is 35.0 Å². The van der Waals surface area contributed by atoms with Crippen molar-refractivity contribution in [2.75, 3.05) is 13.7 Å². The summed E-state index contributed by atoms with van der Waals surface area (Å²) in [4.78, 5) is 27.4. The molecule has 1 unspecified atom stereocenters. The number of methoxy groups -OCH3 is 1. The summed E-state index contributed by atoms with van der Waals surface area (Å²) in [5.41, 5.74) is 1.58. The van der Waals surface area contributed by atoms with E-state index in [4.69, 9.17) is 27.9 Å². The predicted octanol–water partition coefficient (Wildman–Crippen LogP) is 4.49. The Kier molecular flexibility index (Phi) is 8.80. The first kappa shape index (κ1) is 23.0. The lowest BCUT2D eigenvalue weighted by Gasteiger charge is -2.31. The molecule has 0 spiro atoms. The molecular formula is C22H26Cl2N2O3. The second kappa shape index (κ2) is 11.1. The van der Waals surface area contributed by atoms with Crippen molar-refractivity contribution in [1.82, 2.24) is 10.2 Å². The molecule has 0 saturated carbocycles. The van der Waals surface area contributed by atoms with E-state index in [9.17, 15) is 9.59 Å². The number of likely N-dealkylation sites (N-methyl/N-ethyl adjacent to an activating group) is 1. The number of nitrogens with zero attached hydrogens (tertiary/aromatic N) is 1. The van der Waals surface area contributed by atoms with Gasteiger partial charge in [-0.05, 0) is 48.7 Å². The Bertz CT molecular complexity index is 840. The van der Waals surface area contributed by atoms with Gasteiger partial charge in [-0.1, -0.05) is 48.3 Å². The van der Waals surface area contributed by atoms with Crippen molar-refractivity contribution in [1.29, 1.82) is 0 Å². The Labute approximate surface area is 181 Å². The summed E-state index contributed by atoms with van der Waals surface area (Å²) in [7, 11) is 1.59. The van der Waals surface area contributed by atoms with Crippen LogP contribution in [0, 0.1) is 0 Å². The van der Waals surface area contributed by atoms with Crippen LogP contribution in [0.2, 0.25) is 10.0 Å². The number of amides is 2. The highest BCUT2D eigenvalue weighted by atomic mass is 35.5. The molecule has 0 fully saturated rings. The highest BCUT2D eigenvalue weighted by Gasteiger charge is 2.28. The molecule has 2 amide bonds. The van der Waals surface area contributed by atoms with Crippen molar-refractivity contribution in [3.63, 3.8) is 0 Å². The van der Waals surface area contributed by atoms with Crippen molar-refractivity contribution < 1.29 is 14.3 Å². The normalized spacial score (nSPS) is 11.6. The number of ether oxygens (including phenoxy) is 1. The quantitative estimate of drug-likeness (QED) is 0.629. The minimum absolute atomic E-state index is 0.153. The summed E-state index contributed by atoms with van der Waals surface area (Å²) >= 11 is 12.3. The van der Waals surface area contributed by atoms with Crippen LogP contribution < -0.4 is 10.1 Å². The van der Waals surface area contributed by atoms with Crippen LogP contribution in [-0.4, -0.2) is 36.4 Å². The standard InChI is InChI=1S/C22H26Cl2N2O3/c1-4-20(22(28)25-5-2)26(14-16-8-9-17(23)13-19(16)24)21(27)12-15-6-10-18(29-3)11-7-15/h6-11,13,20H,4-5,12,14H2,1-3H3,(H,25,28). The first-order valence-electron chi connectivity index (χ1n) is 9.53. The molecule has 7 heteroatoms. The number of hydrogen-bond acceptors (Lipinski definition) is 3. The molecule has 29 heavy (non-hydrogen) atoms. The van der Waals surface area contributed by atoms with E-state index in [1.807, 2.05) is 38.1 Å². The lowest BCUT2D eigenvalue weighted by atomic mass is 10.1. The fourth-order valence-electron chi connectivity index (χ4n) is 3.06. The van der Waals surface area contributed by atoms with Crippen LogP contribution in [0.15, 0.2) is 42.5 Å². The molecule has 0 aromatic heterocycles. The summed E-state index contributed by atoms with van der Waals surface area (Å²) in [5.74, 6) is 0.391. The Morgan fingerprint density at radius 3 is 2.34 bits per heavy atom. The monoisotopic (exact) mass is 436 g/mol. The number of halogens is 2. The number of nitrogens with one attached hydrogen (secondary N) is 1. The van der Waals surface area contributed by atoms with Crippen LogP contribution in [0.25, 0.3) is 0 Å². The molecule has 0 heterocycles. The van der Waals surface area contributed by atoms with E-state index in [1.54, 1.807) is 30.2 Å². The molecule has 0 aliphatic rings. The number of carbonyl (C=O) groups is 2. The summed E-state index contributed by atoms with van der Waals surface area (Å²) in [6, 6.07) is 11.9. The largest absolute Gasteiger partial charge is 0.497 e. The van der Waals surface area contributed by atoms with Gasteiger partial charge in [0.1, 0.15) is 11.8 Å². The molecule has 0 aliphatic heterocycles. The molecule has 2 aromatic rings. The van der Waals surface area contributed by atoms with Gasteiger partial charge in [-0.25, -0.2) is 0 Å². The molecule has 0 radical (unpaired) electrons. The lowest BCUT2D eigenvalue weighted by molar-refractivity contribution is -0.140. The molecule has 1 atom stereocenters. The van der Waals surface area contributed by atoms with E-state index in [-0.39, 0.29) is 24.8 Å². The van der Waals surface area contributed by atoms with Crippen molar-refractivity contribution in [3.8, 4) is 5.75 Å². The van der Waals surface area contributed by atoms with Gasteiger partial charge in [0, 0.05) is 23.1 Å². The molecule has 2 rings (SSSR count). The zero-order valence-electron chi connectivity index (χ0n) is 16.9. The van der Waals surface area contributed by atoms with Crippen LogP contribution in [-0.2, 0) is 22.6 Å². The Morgan fingerprint density at radius 2 is 1.79 bits per heavy atom. The Morgan fingerprint density at radius 1 is 1.10 bits per heavy atom. The summed E-state index contributed by atoms with van der Waals surface area (Å²) in [5, 5.41) is 3.80. The molecule has 0 bridgehead atoms. The molecule has 0 aliphatic carbocycles. The second-order valence-corrected chi connectivity index (χ2v) is 7.44. The molecule has 0 saturated heterocycles. The third-order valence-corrected chi connectivity index (χ3v) is 5.19. The first-order valence-corrected chi connectivity index (χ1v) is 10.3. The van der Waals surface area contributed by atoms with Crippen molar-refractivity contribution in [3.05, 3.63) is 63.6 Å². The maximum atomic E-state index is 13.2. The highest BCUT2D eigenvalue weighted by molar-refractivity contribution is 6.35. The fourth-order valence-corrected chi connectivity index (χ4v) is 3.53. The Hall–Kier alpha value is -2.24. The van der Waals surface area contributed by atoms with Crippen LogP contribution in [0.4, 0.5) is 0 Å². The topological polar surface area (TPSA) is 58.6 Å². The van der Waals surface area contributed by atoms with Crippen molar-refractivity contribution in [2.24, 2.45) is 0 Å². The smallest absolute Gasteiger partial charge is 0.242 e. The van der Waals surface area contributed by atoms with Gasteiger partial charge in [0.15, 0.2) is 0 Å². The highest BCUT2D eigenvalue weighted by Crippen LogP contribution is 2.24. The predicted molar refractivity (Wildman–Crippen MR) is 116 cm³/mol.